The molecule has 15 heavy (non-hydrogen) atoms. The molecule has 1 aromatic carbocycles. The summed E-state index contributed by atoms with van der Waals surface area (Å²) in [4.78, 5) is 1.05. The largest absolute Gasteiger partial charge is 0.147 e. The normalized spacial score (nSPS) is 12.7. The predicted octanol–water partition coefficient (Wildman–Crippen LogP) is 5.38. The van der Waals surface area contributed by atoms with Gasteiger partial charge in [-0.3, -0.25) is 0 Å². The Kier molecular flexibility index (Phi) is 3.57. The van der Waals surface area contributed by atoms with Gasteiger partial charge in [-0.1, -0.05) is 35.3 Å². The van der Waals surface area contributed by atoms with Crippen molar-refractivity contribution in [2.75, 3.05) is 0 Å². The minimum absolute atomic E-state index is 0.272. The van der Waals surface area contributed by atoms with E-state index < -0.39 is 0 Å². The molecule has 1 unspecified atom stereocenters. The topological polar surface area (TPSA) is 0 Å². The Morgan fingerprint density at radius 3 is 2.20 bits per heavy atom. The maximum atomic E-state index is 6.33. The SMILES string of the molecule is Clc1cccc(Cl)c1C(Cl)c1cccs1. The molecule has 1 heterocycles. The highest BCUT2D eigenvalue weighted by molar-refractivity contribution is 7.10. The van der Waals surface area contributed by atoms with Crippen LogP contribution in [-0.4, -0.2) is 0 Å². The standard InChI is InChI=1S/C11H7Cl3S/c12-7-3-1-4-8(13)10(7)11(14)9-5-2-6-15-9/h1-6,11H. The van der Waals surface area contributed by atoms with E-state index in [4.69, 9.17) is 34.8 Å². The molecule has 0 saturated carbocycles. The van der Waals surface area contributed by atoms with Gasteiger partial charge in [-0.05, 0) is 23.6 Å². The van der Waals surface area contributed by atoms with E-state index >= 15 is 0 Å². The highest BCUT2D eigenvalue weighted by Gasteiger charge is 2.17. The van der Waals surface area contributed by atoms with Crippen LogP contribution in [0.25, 0.3) is 0 Å². The van der Waals surface area contributed by atoms with Crippen molar-refractivity contribution in [2.45, 2.75) is 5.38 Å². The third-order valence-corrected chi connectivity index (χ3v) is 4.23. The van der Waals surface area contributed by atoms with Gasteiger partial charge in [0.1, 0.15) is 0 Å². The maximum Gasteiger partial charge on any atom is 0.0956 e. The Morgan fingerprint density at radius 2 is 1.67 bits per heavy atom. The first-order chi connectivity index (χ1) is 7.20. The zero-order valence-corrected chi connectivity index (χ0v) is 10.7. The summed E-state index contributed by atoms with van der Waals surface area (Å²) in [6, 6.07) is 9.34. The fourth-order valence-electron chi connectivity index (χ4n) is 1.33. The minimum Gasteiger partial charge on any atom is -0.147 e. The van der Waals surface area contributed by atoms with Crippen molar-refractivity contribution in [1.29, 1.82) is 0 Å². The minimum atomic E-state index is -0.272. The fourth-order valence-corrected chi connectivity index (χ4v) is 3.23. The van der Waals surface area contributed by atoms with Gasteiger partial charge in [-0.25, -0.2) is 0 Å². The van der Waals surface area contributed by atoms with Gasteiger partial charge < -0.3 is 0 Å². The first-order valence-corrected chi connectivity index (χ1v) is 6.38. The van der Waals surface area contributed by atoms with E-state index in [2.05, 4.69) is 0 Å². The van der Waals surface area contributed by atoms with Gasteiger partial charge in [-0.2, -0.15) is 0 Å². The molecule has 1 aromatic heterocycles. The molecule has 0 aliphatic carbocycles. The van der Waals surface area contributed by atoms with Crippen molar-refractivity contribution in [3.8, 4) is 0 Å². The number of benzene rings is 1. The summed E-state index contributed by atoms with van der Waals surface area (Å²) in [5.74, 6) is 0. The molecule has 0 fully saturated rings. The van der Waals surface area contributed by atoms with Crippen molar-refractivity contribution in [2.24, 2.45) is 0 Å². The van der Waals surface area contributed by atoms with E-state index in [1.54, 1.807) is 23.5 Å². The smallest absolute Gasteiger partial charge is 0.0956 e. The Hall–Kier alpha value is -0.210. The quantitative estimate of drug-likeness (QED) is 0.646. The molecular formula is C11H7Cl3S. The lowest BCUT2D eigenvalue weighted by molar-refractivity contribution is 1.18. The molecule has 0 radical (unpaired) electrons. The van der Waals surface area contributed by atoms with Crippen molar-refractivity contribution < 1.29 is 0 Å². The molecule has 2 aromatic rings. The second-order valence-electron chi connectivity index (χ2n) is 3.01. The van der Waals surface area contributed by atoms with Crippen molar-refractivity contribution >= 4 is 46.1 Å². The lowest BCUT2D eigenvalue weighted by atomic mass is 10.1. The molecule has 1 atom stereocenters. The molecule has 0 N–H and O–H groups in total. The highest BCUT2D eigenvalue weighted by atomic mass is 35.5. The molecule has 0 amide bonds. The molecule has 0 spiro atoms. The number of thiophene rings is 1. The lowest BCUT2D eigenvalue weighted by Crippen LogP contribution is -1.92. The van der Waals surface area contributed by atoms with Gasteiger partial charge in [0.05, 0.1) is 5.38 Å². The van der Waals surface area contributed by atoms with E-state index in [0.717, 1.165) is 10.4 Å². The summed E-state index contributed by atoms with van der Waals surface area (Å²) >= 11 is 20.1. The Balaban J connectivity index is 2.46. The summed E-state index contributed by atoms with van der Waals surface area (Å²) in [5, 5.41) is 2.92. The molecule has 78 valence electrons. The summed E-state index contributed by atoms with van der Waals surface area (Å²) in [5.41, 5.74) is 0.782. The number of halogens is 3. The number of rotatable bonds is 2. The third kappa shape index (κ3) is 2.31. The Labute approximate surface area is 107 Å². The average molecular weight is 278 g/mol. The molecule has 0 aliphatic heterocycles. The molecule has 0 nitrogen and oxygen atoms in total. The zero-order chi connectivity index (χ0) is 10.8. The summed E-state index contributed by atoms with van der Waals surface area (Å²) in [6.07, 6.45) is 0. The maximum absolute atomic E-state index is 6.33. The predicted molar refractivity (Wildman–Crippen MR) is 68.5 cm³/mol. The lowest BCUT2D eigenvalue weighted by Gasteiger charge is -2.11. The van der Waals surface area contributed by atoms with E-state index in [1.807, 2.05) is 23.6 Å². The van der Waals surface area contributed by atoms with Crippen LogP contribution in [0, 0.1) is 0 Å². The zero-order valence-electron chi connectivity index (χ0n) is 7.58. The fraction of sp³-hybridized carbons (Fsp3) is 0.0909. The van der Waals surface area contributed by atoms with Gasteiger partial charge in [0.15, 0.2) is 0 Å². The van der Waals surface area contributed by atoms with Gasteiger partial charge in [0, 0.05) is 20.5 Å². The monoisotopic (exact) mass is 276 g/mol. The van der Waals surface area contributed by atoms with Crippen LogP contribution in [0.1, 0.15) is 15.8 Å². The molecule has 0 bridgehead atoms. The average Bonchev–Trinajstić information content (AvgIpc) is 2.69. The van der Waals surface area contributed by atoms with Gasteiger partial charge >= 0.3 is 0 Å². The van der Waals surface area contributed by atoms with Crippen LogP contribution in [0.15, 0.2) is 35.7 Å². The summed E-state index contributed by atoms with van der Waals surface area (Å²) in [7, 11) is 0. The first kappa shape index (κ1) is 11.3. The van der Waals surface area contributed by atoms with Gasteiger partial charge in [0.25, 0.3) is 0 Å². The van der Waals surface area contributed by atoms with E-state index in [9.17, 15) is 0 Å². The molecule has 0 aliphatic rings. The Morgan fingerprint density at radius 1 is 1.00 bits per heavy atom. The number of hydrogen-bond acceptors (Lipinski definition) is 1. The van der Waals surface area contributed by atoms with Crippen molar-refractivity contribution in [3.63, 3.8) is 0 Å². The van der Waals surface area contributed by atoms with Crippen LogP contribution in [0.2, 0.25) is 10.0 Å². The van der Waals surface area contributed by atoms with E-state index in [-0.39, 0.29) is 5.38 Å². The van der Waals surface area contributed by atoms with Crippen molar-refractivity contribution in [1.82, 2.24) is 0 Å². The van der Waals surface area contributed by atoms with Crippen LogP contribution < -0.4 is 0 Å². The Bertz CT molecular complexity index is 431. The third-order valence-electron chi connectivity index (χ3n) is 2.05. The van der Waals surface area contributed by atoms with Crippen LogP contribution in [0.5, 0.6) is 0 Å². The summed E-state index contributed by atoms with van der Waals surface area (Å²) in [6.45, 7) is 0. The molecule has 0 saturated heterocycles. The van der Waals surface area contributed by atoms with Gasteiger partial charge in [0.2, 0.25) is 0 Å². The number of hydrogen-bond donors (Lipinski definition) is 0. The van der Waals surface area contributed by atoms with Crippen LogP contribution in [0.4, 0.5) is 0 Å². The van der Waals surface area contributed by atoms with Crippen LogP contribution in [0.3, 0.4) is 0 Å². The summed E-state index contributed by atoms with van der Waals surface area (Å²) < 4.78 is 0. The van der Waals surface area contributed by atoms with E-state index in [0.29, 0.717) is 10.0 Å². The van der Waals surface area contributed by atoms with Crippen molar-refractivity contribution in [3.05, 3.63) is 56.2 Å². The van der Waals surface area contributed by atoms with Crippen LogP contribution >= 0.6 is 46.1 Å². The second-order valence-corrected chi connectivity index (χ2v) is 5.24. The highest BCUT2D eigenvalue weighted by Crippen LogP contribution is 2.39. The molecule has 4 heteroatoms. The van der Waals surface area contributed by atoms with Crippen LogP contribution in [-0.2, 0) is 0 Å². The molecular weight excluding hydrogens is 271 g/mol. The number of alkyl halides is 1. The van der Waals surface area contributed by atoms with Gasteiger partial charge in [-0.15, -0.1) is 22.9 Å². The first-order valence-electron chi connectivity index (χ1n) is 4.31. The second kappa shape index (κ2) is 4.75. The molecule has 2 rings (SSSR count). The van der Waals surface area contributed by atoms with E-state index in [1.165, 1.54) is 0 Å².